The number of ether oxygens (including phenoxy) is 3. The molecule has 0 aliphatic heterocycles. The third-order valence-corrected chi connectivity index (χ3v) is 8.33. The average molecular weight is 639 g/mol. The number of nitrogens with one attached hydrogen (secondary N) is 1. The van der Waals surface area contributed by atoms with Crippen LogP contribution in [-0.2, 0) is 22.4 Å². The summed E-state index contributed by atoms with van der Waals surface area (Å²) in [7, 11) is 5.81. The molecule has 2 heterocycles. The topological polar surface area (TPSA) is 120 Å². The minimum absolute atomic E-state index is 0.0513. The molecule has 4 rings (SSSR count). The standard InChI is InChI=1S/C37H42N4O6/c1-25(28-9-7-6-8-10-28)33(41(2)37(44)34(42)29-23-31(45-3)35(47-5)32(24-29)46-4)36(43)40-30(13-11-26-15-19-38-20-16-26)14-12-27-17-21-39-22-18-27/h6-10,15-25,30,33H,11-14H2,1-5H3,(H,40,43). The summed E-state index contributed by atoms with van der Waals surface area (Å²) in [5, 5.41) is 3.24. The van der Waals surface area contributed by atoms with E-state index in [2.05, 4.69) is 15.3 Å². The lowest BCUT2D eigenvalue weighted by molar-refractivity contribution is -0.137. The average Bonchev–Trinajstić information content (AvgIpc) is 3.12. The number of hydrogen-bond acceptors (Lipinski definition) is 8. The molecule has 0 aliphatic carbocycles. The fourth-order valence-electron chi connectivity index (χ4n) is 5.66. The fraction of sp³-hybridized carbons (Fsp3) is 0.324. The van der Waals surface area contributed by atoms with Crippen LogP contribution in [0.15, 0.2) is 91.5 Å². The summed E-state index contributed by atoms with van der Waals surface area (Å²) in [6.45, 7) is 1.89. The normalized spacial score (nSPS) is 12.1. The van der Waals surface area contributed by atoms with Crippen LogP contribution in [-0.4, -0.2) is 72.9 Å². The highest BCUT2D eigenvalue weighted by Crippen LogP contribution is 2.38. The van der Waals surface area contributed by atoms with Crippen LogP contribution in [0.4, 0.5) is 0 Å². The molecule has 4 aromatic rings. The summed E-state index contributed by atoms with van der Waals surface area (Å²) in [4.78, 5) is 51.3. The highest BCUT2D eigenvalue weighted by Gasteiger charge is 2.37. The largest absolute Gasteiger partial charge is 0.493 e. The van der Waals surface area contributed by atoms with Crippen molar-refractivity contribution < 1.29 is 28.6 Å². The molecule has 0 spiro atoms. The summed E-state index contributed by atoms with van der Waals surface area (Å²) >= 11 is 0. The van der Waals surface area contributed by atoms with Crippen molar-refractivity contribution in [1.29, 1.82) is 0 Å². The van der Waals surface area contributed by atoms with Crippen molar-refractivity contribution >= 4 is 17.6 Å². The number of benzene rings is 2. The Morgan fingerprint density at radius 3 is 1.74 bits per heavy atom. The Morgan fingerprint density at radius 1 is 0.766 bits per heavy atom. The van der Waals surface area contributed by atoms with Gasteiger partial charge in [-0.3, -0.25) is 24.4 Å². The number of nitrogens with zero attached hydrogens (tertiary/aromatic N) is 3. The number of likely N-dealkylation sites (N-methyl/N-ethyl adjacent to an activating group) is 1. The number of carbonyl (C=O) groups is 3. The van der Waals surface area contributed by atoms with Crippen LogP contribution >= 0.6 is 0 Å². The van der Waals surface area contributed by atoms with Crippen LogP contribution in [0.1, 0.15) is 52.7 Å². The van der Waals surface area contributed by atoms with E-state index in [0.29, 0.717) is 18.6 Å². The molecule has 0 saturated carbocycles. The van der Waals surface area contributed by atoms with Crippen LogP contribution in [0.25, 0.3) is 0 Å². The van der Waals surface area contributed by atoms with Gasteiger partial charge in [-0.2, -0.15) is 0 Å². The second kappa shape index (κ2) is 16.9. The lowest BCUT2D eigenvalue weighted by atomic mass is 9.90. The number of carbonyl (C=O) groups excluding carboxylic acids is 3. The van der Waals surface area contributed by atoms with Crippen LogP contribution in [0.2, 0.25) is 0 Å². The van der Waals surface area contributed by atoms with Crippen LogP contribution < -0.4 is 19.5 Å². The molecule has 2 amide bonds. The van der Waals surface area contributed by atoms with Crippen LogP contribution in [0.5, 0.6) is 17.2 Å². The Balaban J connectivity index is 1.62. The molecular formula is C37H42N4O6. The lowest BCUT2D eigenvalue weighted by Crippen LogP contribution is -2.54. The van der Waals surface area contributed by atoms with Crippen molar-refractivity contribution in [1.82, 2.24) is 20.2 Å². The molecule has 2 aromatic heterocycles. The predicted octanol–water partition coefficient (Wildman–Crippen LogP) is 5.07. The summed E-state index contributed by atoms with van der Waals surface area (Å²) in [5.41, 5.74) is 3.13. The van der Waals surface area contributed by atoms with Crippen molar-refractivity contribution in [2.75, 3.05) is 28.4 Å². The Kier molecular flexibility index (Phi) is 12.4. The van der Waals surface area contributed by atoms with E-state index in [9.17, 15) is 14.4 Å². The van der Waals surface area contributed by atoms with Crippen molar-refractivity contribution in [3.05, 3.63) is 114 Å². The molecule has 0 fully saturated rings. The van der Waals surface area contributed by atoms with Crippen molar-refractivity contribution in [2.24, 2.45) is 0 Å². The van der Waals surface area contributed by atoms with Crippen LogP contribution in [0, 0.1) is 0 Å². The van der Waals surface area contributed by atoms with Crippen LogP contribution in [0.3, 0.4) is 0 Å². The first-order chi connectivity index (χ1) is 22.8. The number of Topliss-reactive ketones (excluding diaryl/α,β-unsaturated/α-hetero) is 1. The zero-order valence-corrected chi connectivity index (χ0v) is 27.5. The van der Waals surface area contributed by atoms with E-state index in [4.69, 9.17) is 14.2 Å². The minimum atomic E-state index is -0.986. The maximum absolute atomic E-state index is 14.3. The van der Waals surface area contributed by atoms with Gasteiger partial charge in [0.2, 0.25) is 11.7 Å². The molecule has 246 valence electrons. The van der Waals surface area contributed by atoms with E-state index in [1.54, 1.807) is 24.8 Å². The van der Waals surface area contributed by atoms with Crippen molar-refractivity contribution in [3.63, 3.8) is 0 Å². The minimum Gasteiger partial charge on any atom is -0.493 e. The first kappa shape index (κ1) is 34.6. The smallest absolute Gasteiger partial charge is 0.295 e. The molecule has 0 bridgehead atoms. The van der Waals surface area contributed by atoms with Gasteiger partial charge in [0, 0.05) is 49.4 Å². The van der Waals surface area contributed by atoms with Gasteiger partial charge < -0.3 is 24.4 Å². The van der Waals surface area contributed by atoms with Gasteiger partial charge in [-0.25, -0.2) is 0 Å². The van der Waals surface area contributed by atoms with Gasteiger partial charge >= 0.3 is 0 Å². The summed E-state index contributed by atoms with van der Waals surface area (Å²) in [6.07, 6.45) is 9.83. The molecule has 2 atom stereocenters. The van der Waals surface area contributed by atoms with E-state index in [1.165, 1.54) is 45.4 Å². The first-order valence-corrected chi connectivity index (χ1v) is 15.5. The number of aryl methyl sites for hydroxylation is 2. The maximum atomic E-state index is 14.3. The van der Waals surface area contributed by atoms with Crippen molar-refractivity contribution in [3.8, 4) is 17.2 Å². The number of methoxy groups -OCH3 is 3. The van der Waals surface area contributed by atoms with E-state index in [0.717, 1.165) is 29.5 Å². The van der Waals surface area contributed by atoms with Gasteiger partial charge in [-0.05, 0) is 78.8 Å². The second-order valence-corrected chi connectivity index (χ2v) is 11.3. The zero-order valence-electron chi connectivity index (χ0n) is 27.5. The third-order valence-electron chi connectivity index (χ3n) is 8.33. The maximum Gasteiger partial charge on any atom is 0.295 e. The Hall–Kier alpha value is -5.25. The molecule has 0 radical (unpaired) electrons. The number of ketones is 1. The quantitative estimate of drug-likeness (QED) is 0.134. The van der Waals surface area contributed by atoms with Gasteiger partial charge in [-0.15, -0.1) is 0 Å². The predicted molar refractivity (Wildman–Crippen MR) is 179 cm³/mol. The molecule has 1 N–H and O–H groups in total. The van der Waals surface area contributed by atoms with Gasteiger partial charge in [0.1, 0.15) is 6.04 Å². The number of aromatic nitrogens is 2. The number of amides is 2. The Morgan fingerprint density at radius 2 is 1.28 bits per heavy atom. The van der Waals surface area contributed by atoms with Gasteiger partial charge in [-0.1, -0.05) is 37.3 Å². The molecule has 2 aromatic carbocycles. The summed E-state index contributed by atoms with van der Waals surface area (Å²) in [5.74, 6) is -1.65. The number of rotatable bonds is 16. The third kappa shape index (κ3) is 8.94. The summed E-state index contributed by atoms with van der Waals surface area (Å²) < 4.78 is 16.2. The SMILES string of the molecule is COc1cc(C(=O)C(=O)N(C)C(C(=O)NC(CCc2ccncc2)CCc2ccncc2)C(C)c2ccccc2)cc(OC)c1OC. The number of hydrogen-bond donors (Lipinski definition) is 1. The van der Waals surface area contributed by atoms with E-state index in [1.807, 2.05) is 61.5 Å². The van der Waals surface area contributed by atoms with Crippen molar-refractivity contribution in [2.45, 2.75) is 50.6 Å². The molecule has 10 heteroatoms. The molecule has 0 aliphatic rings. The first-order valence-electron chi connectivity index (χ1n) is 15.5. The summed E-state index contributed by atoms with van der Waals surface area (Å²) in [6, 6.07) is 19.0. The highest BCUT2D eigenvalue weighted by molar-refractivity contribution is 6.43. The highest BCUT2D eigenvalue weighted by atomic mass is 16.5. The van der Waals surface area contributed by atoms with Gasteiger partial charge in [0.25, 0.3) is 11.7 Å². The van der Waals surface area contributed by atoms with Gasteiger partial charge in [0.15, 0.2) is 11.5 Å². The van der Waals surface area contributed by atoms with E-state index < -0.39 is 23.7 Å². The van der Waals surface area contributed by atoms with E-state index in [-0.39, 0.29) is 29.0 Å². The van der Waals surface area contributed by atoms with Gasteiger partial charge in [0.05, 0.1) is 21.3 Å². The molecule has 47 heavy (non-hydrogen) atoms. The molecule has 10 nitrogen and oxygen atoms in total. The van der Waals surface area contributed by atoms with E-state index >= 15 is 0 Å². The Labute approximate surface area is 276 Å². The Bertz CT molecular complexity index is 1550. The fourth-order valence-corrected chi connectivity index (χ4v) is 5.66. The molecule has 0 saturated heterocycles. The number of pyridine rings is 2. The lowest BCUT2D eigenvalue weighted by Gasteiger charge is -2.33. The monoisotopic (exact) mass is 638 g/mol. The molecular weight excluding hydrogens is 596 g/mol. The zero-order chi connectivity index (χ0) is 33.8. The second-order valence-electron chi connectivity index (χ2n) is 11.3. The molecule has 2 unspecified atom stereocenters.